The molecule has 2 aromatic carbocycles. The molecule has 0 radical (unpaired) electrons. The number of anilines is 1. The molecule has 0 aliphatic carbocycles. The molecule has 7 nitrogen and oxygen atoms in total. The van der Waals surface area contributed by atoms with Gasteiger partial charge in [0, 0.05) is 19.2 Å². The lowest BCUT2D eigenvalue weighted by Gasteiger charge is -2.19. The first-order valence-electron chi connectivity index (χ1n) is 9.35. The van der Waals surface area contributed by atoms with Crippen molar-refractivity contribution in [3.63, 3.8) is 0 Å². The van der Waals surface area contributed by atoms with E-state index >= 15 is 0 Å². The summed E-state index contributed by atoms with van der Waals surface area (Å²) in [4.78, 5) is 23.3. The van der Waals surface area contributed by atoms with Crippen molar-refractivity contribution in [3.8, 4) is 0 Å². The van der Waals surface area contributed by atoms with Gasteiger partial charge in [0.15, 0.2) is 6.61 Å². The first kappa shape index (κ1) is 21.3. The van der Waals surface area contributed by atoms with Crippen LogP contribution < -0.4 is 9.62 Å². The number of para-hydroxylation sites is 1. The highest BCUT2D eigenvalue weighted by molar-refractivity contribution is 7.92. The lowest BCUT2D eigenvalue weighted by molar-refractivity contribution is -0.143. The van der Waals surface area contributed by atoms with Crippen LogP contribution in [0, 0.1) is 0 Å². The van der Waals surface area contributed by atoms with Gasteiger partial charge < -0.3 is 10.1 Å². The van der Waals surface area contributed by atoms with Gasteiger partial charge in [0.2, 0.25) is 0 Å². The number of fused-ring (bicyclic) bond motifs is 1. The predicted octanol–water partition coefficient (Wildman–Crippen LogP) is 2.30. The van der Waals surface area contributed by atoms with Crippen molar-refractivity contribution in [2.75, 3.05) is 24.0 Å². The Hall–Kier alpha value is -3.39. The van der Waals surface area contributed by atoms with Crippen LogP contribution in [0.2, 0.25) is 0 Å². The first-order valence-corrected chi connectivity index (χ1v) is 10.8. The van der Waals surface area contributed by atoms with Crippen molar-refractivity contribution in [2.24, 2.45) is 0 Å². The lowest BCUT2D eigenvalue weighted by atomic mass is 10.2. The zero-order valence-electron chi connectivity index (χ0n) is 16.3. The molecule has 0 fully saturated rings. The largest absolute Gasteiger partial charge is 0.452 e. The summed E-state index contributed by atoms with van der Waals surface area (Å²) in [7, 11) is -3.66. The van der Waals surface area contributed by atoms with Crippen LogP contribution in [-0.2, 0) is 30.8 Å². The maximum atomic E-state index is 13.0. The Morgan fingerprint density at radius 1 is 1.13 bits per heavy atom. The molecule has 2 aromatic rings. The molecule has 0 saturated heterocycles. The highest BCUT2D eigenvalue weighted by atomic mass is 32.2. The second kappa shape index (κ2) is 9.41. The van der Waals surface area contributed by atoms with Crippen LogP contribution in [0.3, 0.4) is 0 Å². The maximum Gasteiger partial charge on any atom is 0.331 e. The van der Waals surface area contributed by atoms with Crippen LogP contribution in [0.1, 0.15) is 11.1 Å². The number of rotatable bonds is 8. The molecule has 1 N–H and O–H groups in total. The Balaban J connectivity index is 1.62. The molecule has 0 aromatic heterocycles. The molecule has 0 saturated carbocycles. The molecule has 8 heteroatoms. The molecule has 0 bridgehead atoms. The monoisotopic (exact) mass is 426 g/mol. The number of benzene rings is 2. The summed E-state index contributed by atoms with van der Waals surface area (Å²) in [6.07, 6.45) is 4.88. The predicted molar refractivity (Wildman–Crippen MR) is 114 cm³/mol. The Morgan fingerprint density at radius 2 is 1.87 bits per heavy atom. The van der Waals surface area contributed by atoms with E-state index in [1.54, 1.807) is 18.2 Å². The highest BCUT2D eigenvalue weighted by Crippen LogP contribution is 2.32. The van der Waals surface area contributed by atoms with Crippen LogP contribution in [0.25, 0.3) is 6.08 Å². The SMILES string of the molecule is C=CCNC(=O)COC(=O)/C=C/c1ccc(S(=O)(=O)N2CCc3ccccc32)cc1. The molecule has 1 heterocycles. The number of hydrogen-bond donors (Lipinski definition) is 1. The van der Waals surface area contributed by atoms with Crippen LogP contribution in [0.5, 0.6) is 0 Å². The fourth-order valence-corrected chi connectivity index (χ4v) is 4.53. The summed E-state index contributed by atoms with van der Waals surface area (Å²) in [5, 5.41) is 2.49. The fourth-order valence-electron chi connectivity index (χ4n) is 3.02. The number of ether oxygens (including phenoxy) is 1. The fraction of sp³-hybridized carbons (Fsp3) is 0.182. The minimum absolute atomic E-state index is 0.179. The number of hydrogen-bond acceptors (Lipinski definition) is 5. The third-order valence-corrected chi connectivity index (χ3v) is 6.34. The van der Waals surface area contributed by atoms with E-state index in [9.17, 15) is 18.0 Å². The van der Waals surface area contributed by atoms with Crippen LogP contribution in [-0.4, -0.2) is 40.0 Å². The molecule has 0 spiro atoms. The molecule has 1 aliphatic rings. The summed E-state index contributed by atoms with van der Waals surface area (Å²) >= 11 is 0. The van der Waals surface area contributed by atoms with E-state index in [4.69, 9.17) is 4.74 Å². The van der Waals surface area contributed by atoms with Crippen molar-refractivity contribution in [2.45, 2.75) is 11.3 Å². The average Bonchev–Trinajstić information content (AvgIpc) is 3.20. The highest BCUT2D eigenvalue weighted by Gasteiger charge is 2.30. The third kappa shape index (κ3) is 4.96. The summed E-state index contributed by atoms with van der Waals surface area (Å²) in [5.74, 6) is -1.09. The smallest absolute Gasteiger partial charge is 0.331 e. The zero-order valence-corrected chi connectivity index (χ0v) is 17.1. The first-order chi connectivity index (χ1) is 14.4. The normalized spacial score (nSPS) is 13.1. The zero-order chi connectivity index (χ0) is 21.6. The van der Waals surface area contributed by atoms with E-state index in [2.05, 4.69) is 11.9 Å². The standard InChI is InChI=1S/C22H22N2O5S/c1-2-14-23-21(25)16-29-22(26)12-9-17-7-10-19(11-8-17)30(27,28)24-15-13-18-5-3-4-6-20(18)24/h2-12H,1,13-16H2,(H,23,25)/b12-9+. The molecule has 156 valence electrons. The van der Waals surface area contributed by atoms with Gasteiger partial charge in [-0.25, -0.2) is 13.2 Å². The number of esters is 1. The summed E-state index contributed by atoms with van der Waals surface area (Å²) in [5.41, 5.74) is 2.35. The van der Waals surface area contributed by atoms with Gasteiger partial charge in [-0.15, -0.1) is 6.58 Å². The Bertz CT molecular complexity index is 1070. The lowest BCUT2D eigenvalue weighted by Crippen LogP contribution is -2.29. The minimum Gasteiger partial charge on any atom is -0.452 e. The number of amides is 1. The van der Waals surface area contributed by atoms with Crippen molar-refractivity contribution in [1.29, 1.82) is 0 Å². The number of nitrogens with zero attached hydrogens (tertiary/aromatic N) is 1. The summed E-state index contributed by atoms with van der Waals surface area (Å²) in [6, 6.07) is 13.7. The number of sulfonamides is 1. The minimum atomic E-state index is -3.66. The van der Waals surface area contributed by atoms with E-state index in [0.29, 0.717) is 30.8 Å². The second-order valence-electron chi connectivity index (χ2n) is 6.56. The van der Waals surface area contributed by atoms with Crippen molar-refractivity contribution >= 4 is 33.7 Å². The molecular formula is C22H22N2O5S. The molecule has 0 atom stereocenters. The van der Waals surface area contributed by atoms with Gasteiger partial charge in [-0.3, -0.25) is 9.10 Å². The van der Waals surface area contributed by atoms with Crippen molar-refractivity contribution < 1.29 is 22.7 Å². The Kier molecular flexibility index (Phi) is 6.68. The molecule has 1 amide bonds. The number of nitrogens with one attached hydrogen (secondary N) is 1. The van der Waals surface area contributed by atoms with Crippen molar-refractivity contribution in [3.05, 3.63) is 78.4 Å². The van der Waals surface area contributed by atoms with Crippen molar-refractivity contribution in [1.82, 2.24) is 5.32 Å². The van der Waals surface area contributed by atoms with E-state index in [1.807, 2.05) is 18.2 Å². The Labute approximate surface area is 175 Å². The van der Waals surface area contributed by atoms with Crippen LogP contribution in [0.15, 0.2) is 72.2 Å². The van der Waals surface area contributed by atoms with Gasteiger partial charge >= 0.3 is 5.97 Å². The van der Waals surface area contributed by atoms with E-state index in [-0.39, 0.29) is 11.5 Å². The topological polar surface area (TPSA) is 92.8 Å². The van der Waals surface area contributed by atoms with Gasteiger partial charge in [-0.05, 0) is 41.8 Å². The molecule has 30 heavy (non-hydrogen) atoms. The van der Waals surface area contributed by atoms with Crippen LogP contribution >= 0.6 is 0 Å². The number of carbonyl (C=O) groups excluding carboxylic acids is 2. The van der Waals surface area contributed by atoms with Gasteiger partial charge in [0.05, 0.1) is 10.6 Å². The summed E-state index contributed by atoms with van der Waals surface area (Å²) < 4.78 is 32.2. The summed E-state index contributed by atoms with van der Waals surface area (Å²) in [6.45, 7) is 3.80. The van der Waals surface area contributed by atoms with Gasteiger partial charge in [-0.2, -0.15) is 0 Å². The molecule has 0 unspecified atom stereocenters. The van der Waals surface area contributed by atoms with Gasteiger partial charge in [0.25, 0.3) is 15.9 Å². The Morgan fingerprint density at radius 3 is 2.60 bits per heavy atom. The van der Waals surface area contributed by atoms with E-state index < -0.39 is 21.9 Å². The van der Waals surface area contributed by atoms with Crippen LogP contribution in [0.4, 0.5) is 5.69 Å². The van der Waals surface area contributed by atoms with Gasteiger partial charge in [-0.1, -0.05) is 36.4 Å². The number of carbonyl (C=O) groups is 2. The van der Waals surface area contributed by atoms with E-state index in [0.717, 1.165) is 5.56 Å². The molecular weight excluding hydrogens is 404 g/mol. The average molecular weight is 426 g/mol. The third-order valence-electron chi connectivity index (χ3n) is 4.51. The molecule has 1 aliphatic heterocycles. The molecule has 3 rings (SSSR count). The second-order valence-corrected chi connectivity index (χ2v) is 8.42. The van der Waals surface area contributed by atoms with Gasteiger partial charge in [0.1, 0.15) is 0 Å². The quantitative estimate of drug-likeness (QED) is 0.397. The van der Waals surface area contributed by atoms with E-state index in [1.165, 1.54) is 34.7 Å². The maximum absolute atomic E-state index is 13.0.